The summed E-state index contributed by atoms with van der Waals surface area (Å²) >= 11 is 0. The van der Waals surface area contributed by atoms with Gasteiger partial charge in [-0.3, -0.25) is 4.79 Å². The summed E-state index contributed by atoms with van der Waals surface area (Å²) in [6, 6.07) is -0.816. The van der Waals surface area contributed by atoms with Gasteiger partial charge in [-0.1, -0.05) is 172 Å². The molecule has 0 aromatic heterocycles. The molecule has 1 amide bonds. The van der Waals surface area contributed by atoms with E-state index in [1.54, 1.807) is 6.08 Å². The Kier molecular flexibility index (Phi) is 33.3. The zero-order valence-corrected chi connectivity index (χ0v) is 29.0. The molecule has 5 nitrogen and oxygen atoms in total. The van der Waals surface area contributed by atoms with Crippen molar-refractivity contribution in [2.24, 2.45) is 0 Å². The lowest BCUT2D eigenvalue weighted by Crippen LogP contribution is -2.48. The second kappa shape index (κ2) is 34.4. The SMILES string of the molecule is CCCCCC/C=C/CC/C=C/CC/C=C/C(O)C(CO)NC(=O)C(O)CCCCCCCCCCCCCCCCCC. The van der Waals surface area contributed by atoms with Gasteiger partial charge in [0.05, 0.1) is 18.8 Å². The first-order valence-electron chi connectivity index (χ1n) is 18.8. The predicted molar refractivity (Wildman–Crippen MR) is 190 cm³/mol. The quantitative estimate of drug-likeness (QED) is 0.0435. The van der Waals surface area contributed by atoms with Crippen LogP contribution in [0.1, 0.15) is 181 Å². The van der Waals surface area contributed by atoms with Crippen LogP contribution in [0.15, 0.2) is 36.5 Å². The molecule has 3 atom stereocenters. The predicted octanol–water partition coefficient (Wildman–Crippen LogP) is 10.0. The zero-order valence-electron chi connectivity index (χ0n) is 29.0. The third-order valence-electron chi connectivity index (χ3n) is 8.46. The molecule has 0 saturated carbocycles. The monoisotopic (exact) mass is 620 g/mol. The number of nitrogens with one attached hydrogen (secondary N) is 1. The molecule has 258 valence electrons. The molecule has 0 aromatic rings. The lowest BCUT2D eigenvalue weighted by Gasteiger charge is -2.21. The van der Waals surface area contributed by atoms with Crippen LogP contribution in [0.4, 0.5) is 0 Å². The lowest BCUT2D eigenvalue weighted by atomic mass is 10.0. The normalized spacial score (nSPS) is 14.2. The van der Waals surface area contributed by atoms with E-state index in [1.807, 2.05) is 6.08 Å². The van der Waals surface area contributed by atoms with Gasteiger partial charge in [0, 0.05) is 0 Å². The number of hydrogen-bond donors (Lipinski definition) is 4. The third-order valence-corrected chi connectivity index (χ3v) is 8.46. The van der Waals surface area contributed by atoms with Gasteiger partial charge >= 0.3 is 0 Å². The van der Waals surface area contributed by atoms with Gasteiger partial charge in [0.15, 0.2) is 0 Å². The van der Waals surface area contributed by atoms with Crippen LogP contribution in [0.5, 0.6) is 0 Å². The van der Waals surface area contributed by atoms with E-state index >= 15 is 0 Å². The summed E-state index contributed by atoms with van der Waals surface area (Å²) in [6.07, 6.45) is 41.6. The van der Waals surface area contributed by atoms with Crippen LogP contribution in [0.3, 0.4) is 0 Å². The Morgan fingerprint density at radius 1 is 0.545 bits per heavy atom. The molecule has 0 heterocycles. The fourth-order valence-corrected chi connectivity index (χ4v) is 5.45. The maximum atomic E-state index is 12.4. The molecular formula is C39H73NO4. The van der Waals surface area contributed by atoms with Gasteiger partial charge in [0.1, 0.15) is 6.10 Å². The average molecular weight is 620 g/mol. The largest absolute Gasteiger partial charge is 0.394 e. The highest BCUT2D eigenvalue weighted by Crippen LogP contribution is 2.14. The molecule has 44 heavy (non-hydrogen) atoms. The van der Waals surface area contributed by atoms with E-state index in [2.05, 4.69) is 43.5 Å². The van der Waals surface area contributed by atoms with Gasteiger partial charge in [-0.2, -0.15) is 0 Å². The number of carbonyl (C=O) groups is 1. The molecule has 5 heteroatoms. The van der Waals surface area contributed by atoms with E-state index in [0.29, 0.717) is 6.42 Å². The van der Waals surface area contributed by atoms with Crippen molar-refractivity contribution in [2.45, 2.75) is 199 Å². The summed E-state index contributed by atoms with van der Waals surface area (Å²) in [6.45, 7) is 4.13. The molecule has 0 bridgehead atoms. The Bertz CT molecular complexity index is 690. The molecule has 0 aliphatic rings. The smallest absolute Gasteiger partial charge is 0.249 e. The third kappa shape index (κ3) is 29.3. The van der Waals surface area contributed by atoms with Crippen LogP contribution in [0.25, 0.3) is 0 Å². The van der Waals surface area contributed by atoms with Gasteiger partial charge in [-0.15, -0.1) is 0 Å². The van der Waals surface area contributed by atoms with Crippen molar-refractivity contribution < 1.29 is 20.1 Å². The molecule has 0 rings (SSSR count). The van der Waals surface area contributed by atoms with E-state index in [4.69, 9.17) is 0 Å². The van der Waals surface area contributed by atoms with Gasteiger partial charge in [0.25, 0.3) is 0 Å². The maximum absolute atomic E-state index is 12.4. The molecule has 3 unspecified atom stereocenters. The van der Waals surface area contributed by atoms with E-state index in [1.165, 1.54) is 116 Å². The molecular weight excluding hydrogens is 546 g/mol. The Morgan fingerprint density at radius 2 is 0.932 bits per heavy atom. The Morgan fingerprint density at radius 3 is 1.39 bits per heavy atom. The minimum absolute atomic E-state index is 0.380. The Labute approximate surface area is 273 Å². The van der Waals surface area contributed by atoms with E-state index in [0.717, 1.165) is 44.9 Å². The molecule has 0 aromatic carbocycles. The van der Waals surface area contributed by atoms with Gasteiger partial charge in [-0.05, 0) is 44.9 Å². The van der Waals surface area contributed by atoms with Gasteiger partial charge in [0.2, 0.25) is 5.91 Å². The van der Waals surface area contributed by atoms with Crippen molar-refractivity contribution in [1.29, 1.82) is 0 Å². The van der Waals surface area contributed by atoms with Crippen LogP contribution in [0, 0.1) is 0 Å². The fraction of sp³-hybridized carbons (Fsp3) is 0.821. The summed E-state index contributed by atoms with van der Waals surface area (Å²) in [5, 5.41) is 32.9. The van der Waals surface area contributed by atoms with Crippen LogP contribution >= 0.6 is 0 Å². The molecule has 0 aliphatic heterocycles. The standard InChI is InChI=1S/C39H73NO4/c1-3-5-7-9-11-13-15-17-19-20-22-24-26-28-30-32-34-38(43)39(44)40-36(35-41)37(42)33-31-29-27-25-23-21-18-16-14-12-10-8-6-4-2/h14,16,23,25,31,33,36-38,41-43H,3-13,15,17-22,24,26-30,32,34-35H2,1-2H3,(H,40,44)/b16-14+,25-23+,33-31+. The number of aliphatic hydroxyl groups excluding tert-OH is 3. The fourth-order valence-electron chi connectivity index (χ4n) is 5.45. The highest BCUT2D eigenvalue weighted by atomic mass is 16.3. The Balaban J connectivity index is 3.79. The first-order valence-corrected chi connectivity index (χ1v) is 18.8. The number of allylic oxidation sites excluding steroid dienone is 5. The zero-order chi connectivity index (χ0) is 32.4. The van der Waals surface area contributed by atoms with Crippen LogP contribution in [0.2, 0.25) is 0 Å². The molecule has 0 fully saturated rings. The van der Waals surface area contributed by atoms with Crippen LogP contribution in [-0.2, 0) is 4.79 Å². The molecule has 4 N–H and O–H groups in total. The molecule has 0 spiro atoms. The second-order valence-electron chi connectivity index (χ2n) is 12.8. The minimum Gasteiger partial charge on any atom is -0.394 e. The number of amides is 1. The number of rotatable bonds is 33. The van der Waals surface area contributed by atoms with E-state index in [-0.39, 0.29) is 6.61 Å². The number of aliphatic hydroxyl groups is 3. The van der Waals surface area contributed by atoms with Crippen molar-refractivity contribution in [3.63, 3.8) is 0 Å². The molecule has 0 saturated heterocycles. The lowest BCUT2D eigenvalue weighted by molar-refractivity contribution is -0.131. The summed E-state index contributed by atoms with van der Waals surface area (Å²) in [5.74, 6) is -0.518. The van der Waals surface area contributed by atoms with E-state index in [9.17, 15) is 20.1 Å². The summed E-state index contributed by atoms with van der Waals surface area (Å²) in [7, 11) is 0. The average Bonchev–Trinajstić information content (AvgIpc) is 3.03. The summed E-state index contributed by atoms with van der Waals surface area (Å²) < 4.78 is 0. The Hall–Kier alpha value is -1.43. The van der Waals surface area contributed by atoms with Crippen LogP contribution < -0.4 is 5.32 Å². The second-order valence-corrected chi connectivity index (χ2v) is 12.8. The highest BCUT2D eigenvalue weighted by Gasteiger charge is 2.22. The van der Waals surface area contributed by atoms with Crippen LogP contribution in [-0.4, -0.2) is 46.1 Å². The highest BCUT2D eigenvalue weighted by molar-refractivity contribution is 5.80. The maximum Gasteiger partial charge on any atom is 0.249 e. The first-order chi connectivity index (χ1) is 21.6. The van der Waals surface area contributed by atoms with Gasteiger partial charge in [-0.25, -0.2) is 0 Å². The number of unbranched alkanes of at least 4 members (excludes halogenated alkanes) is 21. The molecule has 0 radical (unpaired) electrons. The van der Waals surface area contributed by atoms with E-state index < -0.39 is 24.2 Å². The number of carbonyl (C=O) groups excluding carboxylic acids is 1. The van der Waals surface area contributed by atoms with Gasteiger partial charge < -0.3 is 20.6 Å². The van der Waals surface area contributed by atoms with Crippen molar-refractivity contribution in [2.75, 3.05) is 6.61 Å². The van der Waals surface area contributed by atoms with Crippen molar-refractivity contribution >= 4 is 5.91 Å². The molecule has 0 aliphatic carbocycles. The number of hydrogen-bond acceptors (Lipinski definition) is 4. The summed E-state index contributed by atoms with van der Waals surface area (Å²) in [4.78, 5) is 12.4. The first kappa shape index (κ1) is 42.6. The minimum atomic E-state index is -1.10. The van der Waals surface area contributed by atoms with Crippen molar-refractivity contribution in [1.82, 2.24) is 5.32 Å². The topological polar surface area (TPSA) is 89.8 Å². The van der Waals surface area contributed by atoms with Crippen molar-refractivity contribution in [3.05, 3.63) is 36.5 Å². The van der Waals surface area contributed by atoms with Crippen molar-refractivity contribution in [3.8, 4) is 0 Å². The summed E-state index contributed by atoms with van der Waals surface area (Å²) in [5.41, 5.74) is 0.